The summed E-state index contributed by atoms with van der Waals surface area (Å²) in [5.74, 6) is -0.240. The van der Waals surface area contributed by atoms with Gasteiger partial charge in [0.1, 0.15) is 32.0 Å². The molecule has 1 heterocycles. The highest BCUT2D eigenvalue weighted by molar-refractivity contribution is 6.31. The van der Waals surface area contributed by atoms with Gasteiger partial charge >= 0.3 is 0 Å². The third-order valence-electron chi connectivity index (χ3n) is 5.94. The van der Waals surface area contributed by atoms with Crippen molar-refractivity contribution in [3.8, 4) is 0 Å². The predicted molar refractivity (Wildman–Crippen MR) is 116 cm³/mol. The average molecular weight is 431 g/mol. The van der Waals surface area contributed by atoms with E-state index in [9.17, 15) is 4.39 Å². The van der Waals surface area contributed by atoms with Gasteiger partial charge < -0.3 is 0 Å². The summed E-state index contributed by atoms with van der Waals surface area (Å²) in [5.41, 5.74) is 4.32. The van der Waals surface area contributed by atoms with Crippen molar-refractivity contribution < 1.29 is 14.2 Å². The highest BCUT2D eigenvalue weighted by Crippen LogP contribution is 2.21. The summed E-state index contributed by atoms with van der Waals surface area (Å²) in [6, 6.07) is 21.4. The van der Waals surface area contributed by atoms with E-state index in [2.05, 4.69) is 37.3 Å². The Balaban J connectivity index is 1.68. The zero-order valence-electron chi connectivity index (χ0n) is 16.4. The molecule has 4 rings (SSSR count). The first kappa shape index (κ1) is 20.4. The molecule has 3 aromatic carbocycles. The zero-order valence-corrected chi connectivity index (χ0v) is 17.9. The molecule has 1 aliphatic heterocycles. The van der Waals surface area contributed by atoms with Crippen LogP contribution in [-0.2, 0) is 13.1 Å². The lowest BCUT2D eigenvalue weighted by molar-refractivity contribution is -1.09. The van der Waals surface area contributed by atoms with E-state index in [0.29, 0.717) is 17.1 Å². The Bertz CT molecular complexity index is 987. The molecule has 0 bridgehead atoms. The summed E-state index contributed by atoms with van der Waals surface area (Å²) in [6.07, 6.45) is 0.124. The van der Waals surface area contributed by atoms with Gasteiger partial charge in [-0.05, 0) is 36.8 Å². The number of halogens is 3. The zero-order chi connectivity index (χ0) is 20.4. The Morgan fingerprint density at radius 1 is 0.828 bits per heavy atom. The molecule has 0 radical (unpaired) electrons. The summed E-state index contributed by atoms with van der Waals surface area (Å²) in [5, 5.41) is 1.25. The Kier molecular flexibility index (Phi) is 6.21. The minimum absolute atomic E-state index is 0.124. The number of aryl methyl sites for hydroxylation is 1. The molecule has 29 heavy (non-hydrogen) atoms. The van der Waals surface area contributed by atoms with Gasteiger partial charge in [0.15, 0.2) is 0 Å². The highest BCUT2D eigenvalue weighted by atomic mass is 35.5. The van der Waals surface area contributed by atoms with Gasteiger partial charge in [0, 0.05) is 5.56 Å². The maximum Gasteiger partial charge on any atom is 0.242 e. The molecule has 2 nitrogen and oxygen atoms in total. The van der Waals surface area contributed by atoms with Gasteiger partial charge in [-0.3, -0.25) is 9.80 Å². The quantitative estimate of drug-likeness (QED) is 0.611. The van der Waals surface area contributed by atoms with Gasteiger partial charge in [0.25, 0.3) is 0 Å². The molecule has 0 aliphatic carbocycles. The van der Waals surface area contributed by atoms with Crippen molar-refractivity contribution in [2.24, 2.45) is 0 Å². The standard InChI is InChI=1S/C24H23Cl2FN2/c1-17-7-2-3-8-18(17)15-28-13-14-29(16-20-22(26)11-6-12-23(20)27)24(28)19-9-4-5-10-21(19)25/h2-12,24H,13-16H2,1H3/p+2. The van der Waals surface area contributed by atoms with Crippen molar-refractivity contribution in [1.29, 1.82) is 0 Å². The largest absolute Gasteiger partial charge is 0.273 e. The van der Waals surface area contributed by atoms with E-state index in [-0.39, 0.29) is 12.0 Å². The first-order chi connectivity index (χ1) is 14.0. The molecule has 0 amide bonds. The third kappa shape index (κ3) is 4.34. The minimum atomic E-state index is -0.240. The number of hydrogen-bond donors (Lipinski definition) is 2. The van der Waals surface area contributed by atoms with Crippen LogP contribution in [0.3, 0.4) is 0 Å². The lowest BCUT2D eigenvalue weighted by Crippen LogP contribution is -3.22. The molecule has 3 aromatic rings. The number of nitrogens with one attached hydrogen (secondary N) is 2. The van der Waals surface area contributed by atoms with Crippen LogP contribution in [0.5, 0.6) is 0 Å². The SMILES string of the molecule is Cc1ccccc1C[NH+]1CC[NH+](Cc2c(F)cccc2Cl)C1c1ccccc1Cl. The molecular weight excluding hydrogens is 406 g/mol. The van der Waals surface area contributed by atoms with Gasteiger partial charge in [-0.2, -0.15) is 0 Å². The molecule has 3 unspecified atom stereocenters. The van der Waals surface area contributed by atoms with Crippen molar-refractivity contribution in [3.63, 3.8) is 0 Å². The maximum atomic E-state index is 14.5. The van der Waals surface area contributed by atoms with Gasteiger partial charge in [-0.25, -0.2) is 4.39 Å². The lowest BCUT2D eigenvalue weighted by atomic mass is 10.1. The average Bonchev–Trinajstić information content (AvgIpc) is 3.09. The van der Waals surface area contributed by atoms with Gasteiger partial charge in [-0.15, -0.1) is 0 Å². The van der Waals surface area contributed by atoms with Crippen LogP contribution in [0.15, 0.2) is 66.7 Å². The van der Waals surface area contributed by atoms with Crippen LogP contribution in [0, 0.1) is 12.7 Å². The molecule has 2 N–H and O–H groups in total. The molecule has 0 saturated carbocycles. The Morgan fingerprint density at radius 2 is 1.48 bits per heavy atom. The summed E-state index contributed by atoms with van der Waals surface area (Å²) in [6.45, 7) is 5.53. The Labute approximate surface area is 181 Å². The Hall–Kier alpha value is -1.91. The van der Waals surface area contributed by atoms with Crippen LogP contribution >= 0.6 is 23.2 Å². The van der Waals surface area contributed by atoms with Gasteiger partial charge in [0.05, 0.1) is 21.2 Å². The molecule has 150 valence electrons. The first-order valence-electron chi connectivity index (χ1n) is 9.95. The number of hydrogen-bond acceptors (Lipinski definition) is 0. The van der Waals surface area contributed by atoms with E-state index in [4.69, 9.17) is 23.2 Å². The van der Waals surface area contributed by atoms with Crippen molar-refractivity contribution in [2.45, 2.75) is 26.2 Å². The van der Waals surface area contributed by atoms with Crippen LogP contribution in [0.2, 0.25) is 10.0 Å². The molecule has 0 aromatic heterocycles. The van der Waals surface area contributed by atoms with Gasteiger partial charge in [-0.1, -0.05) is 65.7 Å². The number of rotatable bonds is 5. The summed E-state index contributed by atoms with van der Waals surface area (Å²) >= 11 is 12.9. The summed E-state index contributed by atoms with van der Waals surface area (Å²) in [4.78, 5) is 2.73. The van der Waals surface area contributed by atoms with Crippen LogP contribution in [0.4, 0.5) is 4.39 Å². The molecule has 1 aliphatic rings. The predicted octanol–water partition coefficient (Wildman–Crippen LogP) is 3.62. The molecule has 0 spiro atoms. The molecule has 1 saturated heterocycles. The highest BCUT2D eigenvalue weighted by Gasteiger charge is 2.42. The van der Waals surface area contributed by atoms with Crippen LogP contribution in [-0.4, -0.2) is 13.1 Å². The van der Waals surface area contributed by atoms with Crippen molar-refractivity contribution in [2.75, 3.05) is 13.1 Å². The summed E-state index contributed by atoms with van der Waals surface area (Å²) < 4.78 is 14.5. The smallest absolute Gasteiger partial charge is 0.242 e. The molecular formula is C24H25Cl2FN2+2. The molecule has 5 heteroatoms. The second-order valence-electron chi connectivity index (χ2n) is 7.75. The lowest BCUT2D eigenvalue weighted by Gasteiger charge is -2.26. The van der Waals surface area contributed by atoms with E-state index in [1.54, 1.807) is 12.1 Å². The number of quaternary nitrogens is 2. The van der Waals surface area contributed by atoms with Crippen LogP contribution in [0.25, 0.3) is 0 Å². The normalized spacial score (nSPS) is 21.4. The second-order valence-corrected chi connectivity index (χ2v) is 8.57. The van der Waals surface area contributed by atoms with Crippen molar-refractivity contribution >= 4 is 23.2 Å². The van der Waals surface area contributed by atoms with E-state index < -0.39 is 0 Å². The van der Waals surface area contributed by atoms with Crippen molar-refractivity contribution in [1.82, 2.24) is 0 Å². The monoisotopic (exact) mass is 430 g/mol. The Morgan fingerprint density at radius 3 is 2.21 bits per heavy atom. The van der Waals surface area contributed by atoms with Crippen molar-refractivity contribution in [3.05, 3.63) is 105 Å². The van der Waals surface area contributed by atoms with E-state index >= 15 is 0 Å². The third-order valence-corrected chi connectivity index (χ3v) is 6.64. The number of benzene rings is 3. The van der Waals surface area contributed by atoms with Crippen LogP contribution < -0.4 is 9.80 Å². The molecule has 1 fully saturated rings. The fourth-order valence-corrected chi connectivity index (χ4v) is 4.88. The minimum Gasteiger partial charge on any atom is -0.273 e. The fourth-order valence-electron chi connectivity index (χ4n) is 4.41. The van der Waals surface area contributed by atoms with Gasteiger partial charge in [0.2, 0.25) is 6.17 Å². The van der Waals surface area contributed by atoms with Crippen LogP contribution in [0.1, 0.15) is 28.4 Å². The second kappa shape index (κ2) is 8.85. The van der Waals surface area contributed by atoms with E-state index in [0.717, 1.165) is 30.2 Å². The fraction of sp³-hybridized carbons (Fsp3) is 0.250. The first-order valence-corrected chi connectivity index (χ1v) is 10.7. The maximum absolute atomic E-state index is 14.5. The van der Waals surface area contributed by atoms with E-state index in [1.807, 2.05) is 18.2 Å². The molecule has 3 atom stereocenters. The van der Waals surface area contributed by atoms with E-state index in [1.165, 1.54) is 27.0 Å². The summed E-state index contributed by atoms with van der Waals surface area (Å²) in [7, 11) is 0. The topological polar surface area (TPSA) is 8.88 Å².